The van der Waals surface area contributed by atoms with E-state index in [1.54, 1.807) is 0 Å². The summed E-state index contributed by atoms with van der Waals surface area (Å²) in [4.78, 5) is 8.62. The van der Waals surface area contributed by atoms with Crippen molar-refractivity contribution in [2.24, 2.45) is 5.41 Å². The van der Waals surface area contributed by atoms with E-state index in [0.29, 0.717) is 0 Å². The molecule has 1 aromatic heterocycles. The van der Waals surface area contributed by atoms with Crippen molar-refractivity contribution < 1.29 is 5.11 Å². The van der Waals surface area contributed by atoms with Crippen molar-refractivity contribution in [3.05, 3.63) is 11.9 Å². The molecule has 1 aliphatic rings. The summed E-state index contributed by atoms with van der Waals surface area (Å²) < 4.78 is 0. The average molecular weight is 250 g/mol. The fourth-order valence-corrected chi connectivity index (χ4v) is 2.58. The predicted molar refractivity (Wildman–Crippen MR) is 72.8 cm³/mol. The maximum atomic E-state index is 9.56. The fraction of sp³-hybridized carbons (Fsp3) is 0.692. The van der Waals surface area contributed by atoms with E-state index >= 15 is 0 Å². The Hall–Kier alpha value is -1.36. The Bertz CT molecular complexity index is 402. The maximum Gasteiger partial charge on any atom is 0.131 e. The first kappa shape index (κ1) is 13.1. The van der Waals surface area contributed by atoms with E-state index in [1.807, 2.05) is 20.0 Å². The van der Waals surface area contributed by atoms with Gasteiger partial charge in [0.15, 0.2) is 0 Å². The molecule has 5 nitrogen and oxygen atoms in total. The van der Waals surface area contributed by atoms with Crippen LogP contribution in [-0.2, 0) is 0 Å². The summed E-state index contributed by atoms with van der Waals surface area (Å²) in [6.45, 7) is 2.91. The smallest absolute Gasteiger partial charge is 0.131 e. The van der Waals surface area contributed by atoms with Gasteiger partial charge in [0.1, 0.15) is 17.5 Å². The summed E-state index contributed by atoms with van der Waals surface area (Å²) in [6, 6.07) is 1.90. The van der Waals surface area contributed by atoms with Crippen molar-refractivity contribution in [3.63, 3.8) is 0 Å². The number of nitrogens with zero attached hydrogens (tertiary/aromatic N) is 2. The fourth-order valence-electron chi connectivity index (χ4n) is 2.58. The lowest BCUT2D eigenvalue weighted by Crippen LogP contribution is -2.30. The first-order valence-corrected chi connectivity index (χ1v) is 6.56. The molecule has 0 aliphatic heterocycles. The lowest BCUT2D eigenvalue weighted by molar-refractivity contribution is 0.142. The van der Waals surface area contributed by atoms with Crippen LogP contribution in [0.3, 0.4) is 0 Å². The zero-order chi connectivity index (χ0) is 13.0. The normalized spacial score (nSPS) is 17.7. The third-order valence-electron chi connectivity index (χ3n) is 3.74. The molecule has 1 fully saturated rings. The number of hydrogen-bond acceptors (Lipinski definition) is 5. The Morgan fingerprint density at radius 3 is 2.56 bits per heavy atom. The molecule has 0 saturated heterocycles. The Morgan fingerprint density at radius 2 is 1.94 bits per heavy atom. The number of aryl methyl sites for hydroxylation is 1. The summed E-state index contributed by atoms with van der Waals surface area (Å²) in [5, 5.41) is 15.9. The van der Waals surface area contributed by atoms with Crippen molar-refractivity contribution in [2.45, 2.75) is 32.6 Å². The van der Waals surface area contributed by atoms with Gasteiger partial charge >= 0.3 is 0 Å². The monoisotopic (exact) mass is 250 g/mol. The van der Waals surface area contributed by atoms with Crippen molar-refractivity contribution in [1.29, 1.82) is 0 Å². The second-order valence-corrected chi connectivity index (χ2v) is 5.15. The molecule has 2 rings (SSSR count). The minimum atomic E-state index is 0.0403. The van der Waals surface area contributed by atoms with Crippen molar-refractivity contribution in [2.75, 3.05) is 30.8 Å². The van der Waals surface area contributed by atoms with Crippen LogP contribution in [0.15, 0.2) is 6.07 Å². The number of rotatable bonds is 5. The van der Waals surface area contributed by atoms with E-state index in [2.05, 4.69) is 20.6 Å². The number of nitrogens with one attached hydrogen (secondary N) is 2. The van der Waals surface area contributed by atoms with E-state index in [4.69, 9.17) is 0 Å². The Balaban J connectivity index is 2.03. The molecule has 1 aromatic rings. The minimum Gasteiger partial charge on any atom is -0.396 e. The van der Waals surface area contributed by atoms with E-state index in [-0.39, 0.29) is 12.0 Å². The Morgan fingerprint density at radius 1 is 1.28 bits per heavy atom. The van der Waals surface area contributed by atoms with E-state index in [9.17, 15) is 5.11 Å². The SMILES string of the molecule is CNc1cc(NCC2(CO)CCCC2)nc(C)n1. The maximum absolute atomic E-state index is 9.56. The first-order chi connectivity index (χ1) is 8.67. The highest BCUT2D eigenvalue weighted by Crippen LogP contribution is 2.37. The molecule has 0 bridgehead atoms. The van der Waals surface area contributed by atoms with Crippen LogP contribution in [0.1, 0.15) is 31.5 Å². The molecule has 0 spiro atoms. The zero-order valence-corrected chi connectivity index (χ0v) is 11.2. The van der Waals surface area contributed by atoms with Crippen molar-refractivity contribution in [1.82, 2.24) is 9.97 Å². The lowest BCUT2D eigenvalue weighted by Gasteiger charge is -2.26. The standard InChI is InChI=1S/C13H22N4O/c1-10-16-11(14-2)7-12(17-10)15-8-13(9-18)5-3-4-6-13/h7,18H,3-6,8-9H2,1-2H3,(H2,14,15,16,17). The summed E-state index contributed by atoms with van der Waals surface area (Å²) >= 11 is 0. The van der Waals surface area contributed by atoms with Crippen LogP contribution < -0.4 is 10.6 Å². The number of hydrogen-bond donors (Lipinski definition) is 3. The summed E-state index contributed by atoms with van der Waals surface area (Å²) in [6.07, 6.45) is 4.62. The molecule has 0 amide bonds. The third kappa shape index (κ3) is 2.90. The van der Waals surface area contributed by atoms with Gasteiger partial charge in [-0.25, -0.2) is 9.97 Å². The predicted octanol–water partition coefficient (Wildman–Crippen LogP) is 1.79. The quantitative estimate of drug-likeness (QED) is 0.743. The van der Waals surface area contributed by atoms with Gasteiger partial charge in [0.05, 0.1) is 6.61 Å². The molecule has 5 heteroatoms. The number of anilines is 2. The van der Waals surface area contributed by atoms with Crippen LogP contribution >= 0.6 is 0 Å². The molecule has 0 aromatic carbocycles. The summed E-state index contributed by atoms with van der Waals surface area (Å²) in [7, 11) is 1.84. The molecule has 0 atom stereocenters. The van der Waals surface area contributed by atoms with E-state index in [1.165, 1.54) is 12.8 Å². The average Bonchev–Trinajstić information content (AvgIpc) is 2.85. The van der Waals surface area contributed by atoms with Gasteiger partial charge in [-0.1, -0.05) is 12.8 Å². The lowest BCUT2D eigenvalue weighted by atomic mass is 9.87. The van der Waals surface area contributed by atoms with Crippen LogP contribution in [0.4, 0.5) is 11.6 Å². The van der Waals surface area contributed by atoms with Gasteiger partial charge in [0.2, 0.25) is 0 Å². The topological polar surface area (TPSA) is 70.1 Å². The van der Waals surface area contributed by atoms with Gasteiger partial charge in [-0.15, -0.1) is 0 Å². The first-order valence-electron chi connectivity index (χ1n) is 6.56. The number of aromatic nitrogens is 2. The van der Waals surface area contributed by atoms with E-state index in [0.717, 1.165) is 36.8 Å². The second kappa shape index (κ2) is 5.52. The molecular weight excluding hydrogens is 228 g/mol. The van der Waals surface area contributed by atoms with Gasteiger partial charge in [-0.3, -0.25) is 0 Å². The molecule has 0 unspecified atom stereocenters. The molecule has 0 radical (unpaired) electrons. The highest BCUT2D eigenvalue weighted by molar-refractivity contribution is 5.47. The Kier molecular flexibility index (Phi) is 4.01. The number of aliphatic hydroxyl groups excluding tert-OH is 1. The highest BCUT2D eigenvalue weighted by atomic mass is 16.3. The Labute approximate surface area is 108 Å². The molecule has 100 valence electrons. The molecule has 1 heterocycles. The minimum absolute atomic E-state index is 0.0403. The molecule has 1 saturated carbocycles. The molecule has 1 aliphatic carbocycles. The molecular formula is C13H22N4O. The van der Waals surface area contributed by atoms with Crippen LogP contribution in [0.5, 0.6) is 0 Å². The summed E-state index contributed by atoms with van der Waals surface area (Å²) in [5.74, 6) is 2.38. The van der Waals surface area contributed by atoms with Gasteiger partial charge in [-0.05, 0) is 19.8 Å². The van der Waals surface area contributed by atoms with Crippen molar-refractivity contribution >= 4 is 11.6 Å². The zero-order valence-electron chi connectivity index (χ0n) is 11.2. The second-order valence-electron chi connectivity index (χ2n) is 5.15. The van der Waals surface area contributed by atoms with Crippen LogP contribution in [0, 0.1) is 12.3 Å². The van der Waals surface area contributed by atoms with Crippen molar-refractivity contribution in [3.8, 4) is 0 Å². The van der Waals surface area contributed by atoms with Gasteiger partial charge < -0.3 is 15.7 Å². The van der Waals surface area contributed by atoms with Crippen LogP contribution in [0.25, 0.3) is 0 Å². The van der Waals surface area contributed by atoms with Gasteiger partial charge in [0, 0.05) is 25.1 Å². The largest absolute Gasteiger partial charge is 0.396 e. The van der Waals surface area contributed by atoms with Crippen LogP contribution in [-0.4, -0.2) is 35.3 Å². The molecule has 18 heavy (non-hydrogen) atoms. The van der Waals surface area contributed by atoms with Crippen LogP contribution in [0.2, 0.25) is 0 Å². The summed E-state index contributed by atoms with van der Waals surface area (Å²) in [5.41, 5.74) is 0.0403. The third-order valence-corrected chi connectivity index (χ3v) is 3.74. The van der Waals surface area contributed by atoms with Gasteiger partial charge in [-0.2, -0.15) is 0 Å². The number of aliphatic hydroxyl groups is 1. The highest BCUT2D eigenvalue weighted by Gasteiger charge is 2.32. The van der Waals surface area contributed by atoms with Gasteiger partial charge in [0.25, 0.3) is 0 Å². The molecule has 3 N–H and O–H groups in total. The van der Waals surface area contributed by atoms with E-state index < -0.39 is 0 Å².